The normalized spacial score (nSPS) is 12.5. The Morgan fingerprint density at radius 3 is 2.46 bits per heavy atom. The molecule has 72 valence electrons. The smallest absolute Gasteiger partial charge is 0.119 e. The van der Waals surface area contributed by atoms with E-state index in [0.29, 0.717) is 12.5 Å². The Morgan fingerprint density at radius 2 is 1.92 bits per heavy atom. The fraction of sp³-hybridized carbons (Fsp3) is 0.400. The molecule has 0 aromatic heterocycles. The SMILES string of the molecule is Cc1ccc(OCC(Cl)CCl)cc1. The Morgan fingerprint density at radius 1 is 1.31 bits per heavy atom. The van der Waals surface area contributed by atoms with E-state index < -0.39 is 0 Å². The first-order valence-electron chi connectivity index (χ1n) is 4.12. The van der Waals surface area contributed by atoms with Crippen molar-refractivity contribution >= 4 is 23.2 Å². The van der Waals surface area contributed by atoms with Crippen molar-refractivity contribution in [3.8, 4) is 5.75 Å². The van der Waals surface area contributed by atoms with Crippen LogP contribution in [0.1, 0.15) is 5.56 Å². The largest absolute Gasteiger partial charge is 0.492 e. The van der Waals surface area contributed by atoms with Crippen molar-refractivity contribution in [1.82, 2.24) is 0 Å². The van der Waals surface area contributed by atoms with Gasteiger partial charge < -0.3 is 4.74 Å². The van der Waals surface area contributed by atoms with Gasteiger partial charge in [0.2, 0.25) is 0 Å². The van der Waals surface area contributed by atoms with Gasteiger partial charge in [0, 0.05) is 5.88 Å². The van der Waals surface area contributed by atoms with E-state index in [-0.39, 0.29) is 5.38 Å². The third-order valence-corrected chi connectivity index (χ3v) is 2.43. The van der Waals surface area contributed by atoms with Crippen LogP contribution in [-0.4, -0.2) is 17.9 Å². The Hall–Kier alpha value is -0.400. The van der Waals surface area contributed by atoms with Crippen molar-refractivity contribution < 1.29 is 4.74 Å². The molecule has 0 fully saturated rings. The summed E-state index contributed by atoms with van der Waals surface area (Å²) >= 11 is 11.3. The summed E-state index contributed by atoms with van der Waals surface area (Å²) in [6, 6.07) is 7.85. The molecule has 0 aliphatic carbocycles. The molecule has 13 heavy (non-hydrogen) atoms. The number of rotatable bonds is 4. The standard InChI is InChI=1S/C10H12Cl2O/c1-8-2-4-10(5-3-8)13-7-9(12)6-11/h2-5,9H,6-7H2,1H3. The first kappa shape index (κ1) is 10.7. The zero-order valence-electron chi connectivity index (χ0n) is 7.47. The molecule has 0 aliphatic rings. The molecule has 0 radical (unpaired) electrons. The van der Waals surface area contributed by atoms with E-state index in [9.17, 15) is 0 Å². The topological polar surface area (TPSA) is 9.23 Å². The van der Waals surface area contributed by atoms with Crippen LogP contribution in [0.15, 0.2) is 24.3 Å². The summed E-state index contributed by atoms with van der Waals surface area (Å²) in [4.78, 5) is 0. The molecular formula is C10H12Cl2O. The van der Waals surface area contributed by atoms with E-state index in [1.165, 1.54) is 5.56 Å². The predicted octanol–water partition coefficient (Wildman–Crippen LogP) is 3.22. The molecule has 0 saturated heterocycles. The zero-order valence-corrected chi connectivity index (χ0v) is 8.98. The van der Waals surface area contributed by atoms with Crippen LogP contribution in [0.25, 0.3) is 0 Å². The van der Waals surface area contributed by atoms with Crippen LogP contribution in [0, 0.1) is 6.92 Å². The van der Waals surface area contributed by atoms with E-state index in [1.807, 2.05) is 31.2 Å². The summed E-state index contributed by atoms with van der Waals surface area (Å²) in [5, 5.41) is -0.122. The fourth-order valence-corrected chi connectivity index (χ4v) is 1.02. The molecule has 0 N–H and O–H groups in total. The zero-order chi connectivity index (χ0) is 9.68. The summed E-state index contributed by atoms with van der Waals surface area (Å²) in [7, 11) is 0. The van der Waals surface area contributed by atoms with Crippen LogP contribution < -0.4 is 4.74 Å². The summed E-state index contributed by atoms with van der Waals surface area (Å²) < 4.78 is 5.40. The highest BCUT2D eigenvalue weighted by Crippen LogP contribution is 2.12. The van der Waals surface area contributed by atoms with Crippen molar-refractivity contribution in [2.24, 2.45) is 0 Å². The Bertz CT molecular complexity index is 246. The maximum absolute atomic E-state index is 5.79. The van der Waals surface area contributed by atoms with Crippen LogP contribution in [0.5, 0.6) is 5.75 Å². The number of benzene rings is 1. The highest BCUT2D eigenvalue weighted by Gasteiger charge is 2.02. The van der Waals surface area contributed by atoms with Gasteiger partial charge >= 0.3 is 0 Å². The van der Waals surface area contributed by atoms with Gasteiger partial charge in [-0.3, -0.25) is 0 Å². The highest BCUT2D eigenvalue weighted by atomic mass is 35.5. The number of alkyl halides is 2. The summed E-state index contributed by atoms with van der Waals surface area (Å²) in [5.74, 6) is 1.24. The summed E-state index contributed by atoms with van der Waals surface area (Å²) in [5.41, 5.74) is 1.21. The summed E-state index contributed by atoms with van der Waals surface area (Å²) in [6.07, 6.45) is 0. The van der Waals surface area contributed by atoms with Gasteiger partial charge in [-0.05, 0) is 19.1 Å². The molecule has 0 bridgehead atoms. The van der Waals surface area contributed by atoms with Crippen molar-refractivity contribution in [2.75, 3.05) is 12.5 Å². The average molecular weight is 219 g/mol. The van der Waals surface area contributed by atoms with Crippen molar-refractivity contribution in [3.63, 3.8) is 0 Å². The maximum Gasteiger partial charge on any atom is 0.119 e. The second kappa shape index (κ2) is 5.36. The third kappa shape index (κ3) is 3.88. The lowest BCUT2D eigenvalue weighted by Gasteiger charge is -2.08. The molecule has 0 amide bonds. The molecule has 0 saturated carbocycles. The number of halogens is 2. The maximum atomic E-state index is 5.79. The van der Waals surface area contributed by atoms with Crippen LogP contribution in [0.4, 0.5) is 0 Å². The minimum Gasteiger partial charge on any atom is -0.492 e. The Balaban J connectivity index is 2.41. The van der Waals surface area contributed by atoms with E-state index in [2.05, 4.69) is 0 Å². The number of hydrogen-bond acceptors (Lipinski definition) is 1. The quantitative estimate of drug-likeness (QED) is 0.706. The number of ether oxygens (including phenoxy) is 1. The predicted molar refractivity (Wildman–Crippen MR) is 57.0 cm³/mol. The third-order valence-electron chi connectivity index (χ3n) is 1.62. The van der Waals surface area contributed by atoms with Crippen molar-refractivity contribution in [1.29, 1.82) is 0 Å². The van der Waals surface area contributed by atoms with Crippen LogP contribution in [0.3, 0.4) is 0 Å². The van der Waals surface area contributed by atoms with Gasteiger partial charge in [0.15, 0.2) is 0 Å². The van der Waals surface area contributed by atoms with E-state index in [1.54, 1.807) is 0 Å². The number of aryl methyl sites for hydroxylation is 1. The Labute approximate surface area is 88.6 Å². The first-order valence-corrected chi connectivity index (χ1v) is 5.09. The number of hydrogen-bond donors (Lipinski definition) is 0. The minimum atomic E-state index is -0.122. The Kier molecular flexibility index (Phi) is 4.40. The second-order valence-corrected chi connectivity index (χ2v) is 3.80. The van der Waals surface area contributed by atoms with Crippen LogP contribution in [0.2, 0.25) is 0 Å². The molecule has 1 unspecified atom stereocenters. The van der Waals surface area contributed by atoms with Gasteiger partial charge in [0.25, 0.3) is 0 Å². The highest BCUT2D eigenvalue weighted by molar-refractivity contribution is 6.28. The summed E-state index contributed by atoms with van der Waals surface area (Å²) in [6.45, 7) is 2.49. The van der Waals surface area contributed by atoms with E-state index >= 15 is 0 Å². The van der Waals surface area contributed by atoms with Gasteiger partial charge in [-0.25, -0.2) is 0 Å². The van der Waals surface area contributed by atoms with Crippen LogP contribution in [-0.2, 0) is 0 Å². The first-order chi connectivity index (χ1) is 6.22. The van der Waals surface area contributed by atoms with Gasteiger partial charge in [-0.1, -0.05) is 17.7 Å². The van der Waals surface area contributed by atoms with Crippen molar-refractivity contribution in [2.45, 2.75) is 12.3 Å². The molecule has 3 heteroatoms. The molecule has 1 aromatic rings. The minimum absolute atomic E-state index is 0.122. The molecule has 1 nitrogen and oxygen atoms in total. The molecule has 0 spiro atoms. The lowest BCUT2D eigenvalue weighted by atomic mass is 10.2. The molecule has 0 heterocycles. The second-order valence-electron chi connectivity index (χ2n) is 2.88. The molecule has 1 aromatic carbocycles. The van der Waals surface area contributed by atoms with Gasteiger partial charge in [-0.2, -0.15) is 0 Å². The average Bonchev–Trinajstić information content (AvgIpc) is 2.16. The van der Waals surface area contributed by atoms with Gasteiger partial charge in [0.1, 0.15) is 12.4 Å². The van der Waals surface area contributed by atoms with Crippen LogP contribution >= 0.6 is 23.2 Å². The molecule has 1 rings (SSSR count). The van der Waals surface area contributed by atoms with E-state index in [0.717, 1.165) is 5.75 Å². The van der Waals surface area contributed by atoms with E-state index in [4.69, 9.17) is 27.9 Å². The van der Waals surface area contributed by atoms with Crippen molar-refractivity contribution in [3.05, 3.63) is 29.8 Å². The molecular weight excluding hydrogens is 207 g/mol. The molecule has 0 aliphatic heterocycles. The lowest BCUT2D eigenvalue weighted by Crippen LogP contribution is -2.12. The lowest BCUT2D eigenvalue weighted by molar-refractivity contribution is 0.321. The van der Waals surface area contributed by atoms with Gasteiger partial charge in [-0.15, -0.1) is 23.2 Å². The fourth-order valence-electron chi connectivity index (χ4n) is 0.866. The molecule has 1 atom stereocenters. The monoisotopic (exact) mass is 218 g/mol. The van der Waals surface area contributed by atoms with Gasteiger partial charge in [0.05, 0.1) is 5.38 Å².